The maximum absolute atomic E-state index is 13.0. The van der Waals surface area contributed by atoms with Crippen LogP contribution in [0.4, 0.5) is 0 Å². The van der Waals surface area contributed by atoms with Crippen molar-refractivity contribution in [3.63, 3.8) is 0 Å². The number of nitrogens with zero attached hydrogens (tertiary/aromatic N) is 2. The molecule has 1 unspecified atom stereocenters. The Morgan fingerprint density at radius 3 is 2.96 bits per heavy atom. The second-order valence-electron chi connectivity index (χ2n) is 7.85. The highest BCUT2D eigenvalue weighted by Crippen LogP contribution is 2.27. The summed E-state index contributed by atoms with van der Waals surface area (Å²) in [5.41, 5.74) is 1.80. The molecule has 2 aromatic rings. The number of likely N-dealkylation sites (tertiary alicyclic amines) is 1. The molecule has 28 heavy (non-hydrogen) atoms. The van der Waals surface area contributed by atoms with Gasteiger partial charge in [0.1, 0.15) is 18.0 Å². The molecule has 2 aliphatic rings. The molecule has 1 aliphatic heterocycles. The number of aryl methyl sites for hydroxylation is 1. The van der Waals surface area contributed by atoms with E-state index in [9.17, 15) is 9.90 Å². The van der Waals surface area contributed by atoms with E-state index in [4.69, 9.17) is 16.3 Å². The van der Waals surface area contributed by atoms with Gasteiger partial charge in [-0.15, -0.1) is 0 Å². The van der Waals surface area contributed by atoms with Gasteiger partial charge in [-0.05, 0) is 63.1 Å². The zero-order valence-corrected chi connectivity index (χ0v) is 16.7. The molecule has 1 fully saturated rings. The minimum atomic E-state index is -0.956. The van der Waals surface area contributed by atoms with E-state index in [1.165, 1.54) is 0 Å². The van der Waals surface area contributed by atoms with E-state index in [2.05, 4.69) is 10.2 Å². The number of hydrogen-bond acceptors (Lipinski definition) is 4. The van der Waals surface area contributed by atoms with E-state index in [0.717, 1.165) is 43.4 Å². The molecule has 1 aliphatic carbocycles. The lowest BCUT2D eigenvalue weighted by Gasteiger charge is -2.27. The number of rotatable bonds is 4. The smallest absolute Gasteiger partial charge is 0.274 e. The topological polar surface area (TPSA) is 78.5 Å². The summed E-state index contributed by atoms with van der Waals surface area (Å²) in [6, 6.07) is 7.16. The molecule has 4 rings (SSSR count). The quantitative estimate of drug-likeness (QED) is 0.820. The van der Waals surface area contributed by atoms with Gasteiger partial charge < -0.3 is 14.7 Å². The molecule has 6 nitrogen and oxygen atoms in total. The first-order chi connectivity index (χ1) is 13.5. The van der Waals surface area contributed by atoms with Crippen LogP contribution in [-0.4, -0.2) is 51.4 Å². The number of aliphatic hydroxyl groups is 1. The van der Waals surface area contributed by atoms with Crippen molar-refractivity contribution in [2.75, 3.05) is 19.7 Å². The van der Waals surface area contributed by atoms with Gasteiger partial charge in [-0.25, -0.2) is 0 Å². The van der Waals surface area contributed by atoms with Gasteiger partial charge in [-0.3, -0.25) is 9.89 Å². The van der Waals surface area contributed by atoms with Crippen molar-refractivity contribution < 1.29 is 14.6 Å². The average Bonchev–Trinajstić information content (AvgIpc) is 3.03. The molecule has 7 heteroatoms. The maximum atomic E-state index is 13.0. The number of carbonyl (C=O) groups is 1. The zero-order chi connectivity index (χ0) is 19.6. The predicted molar refractivity (Wildman–Crippen MR) is 107 cm³/mol. The molecule has 150 valence electrons. The lowest BCUT2D eigenvalue weighted by atomic mass is 9.95. The van der Waals surface area contributed by atoms with Gasteiger partial charge in [-0.1, -0.05) is 17.7 Å². The summed E-state index contributed by atoms with van der Waals surface area (Å²) in [6.45, 7) is 1.31. The number of nitrogens with one attached hydrogen (secondary N) is 1. The number of benzene rings is 1. The second kappa shape index (κ2) is 8.13. The number of fused-ring (bicyclic) bond motifs is 1. The van der Waals surface area contributed by atoms with Crippen LogP contribution in [0.25, 0.3) is 0 Å². The molecule has 1 atom stereocenters. The molecular formula is C21H26ClN3O3. The number of ether oxygens (including phenoxy) is 1. The van der Waals surface area contributed by atoms with Crippen LogP contribution in [0.5, 0.6) is 5.75 Å². The molecule has 0 radical (unpaired) electrons. The number of halogens is 1. The van der Waals surface area contributed by atoms with Crippen LogP contribution in [0.3, 0.4) is 0 Å². The zero-order valence-electron chi connectivity index (χ0n) is 15.9. The first kappa shape index (κ1) is 19.3. The predicted octanol–water partition coefficient (Wildman–Crippen LogP) is 3.38. The van der Waals surface area contributed by atoms with E-state index in [1.807, 2.05) is 17.0 Å². The lowest BCUT2D eigenvalue weighted by Crippen LogP contribution is -2.38. The second-order valence-corrected chi connectivity index (χ2v) is 8.29. The Labute approximate surface area is 169 Å². The minimum absolute atomic E-state index is 0.0283. The van der Waals surface area contributed by atoms with Crippen LogP contribution < -0.4 is 4.74 Å². The number of aromatic amines is 1. The number of H-pyrrole nitrogens is 1. The Morgan fingerprint density at radius 1 is 1.25 bits per heavy atom. The van der Waals surface area contributed by atoms with Crippen molar-refractivity contribution in [2.45, 2.75) is 50.5 Å². The Bertz CT molecular complexity index is 853. The third-order valence-corrected chi connectivity index (χ3v) is 6.00. The van der Waals surface area contributed by atoms with E-state index in [-0.39, 0.29) is 12.5 Å². The van der Waals surface area contributed by atoms with Crippen LogP contribution in [0, 0.1) is 0 Å². The maximum Gasteiger partial charge on any atom is 0.274 e. The van der Waals surface area contributed by atoms with Gasteiger partial charge in [-0.2, -0.15) is 5.10 Å². The Hall–Kier alpha value is -2.05. The summed E-state index contributed by atoms with van der Waals surface area (Å²) in [5, 5.41) is 18.9. The SMILES string of the molecule is O=C(c1n[nH]c2c1CCCC2)N1CCCC(O)(COc2cccc(Cl)c2)CC1. The van der Waals surface area contributed by atoms with Gasteiger partial charge in [0, 0.05) is 29.4 Å². The summed E-state index contributed by atoms with van der Waals surface area (Å²) in [5.74, 6) is 0.612. The fourth-order valence-corrected chi connectivity index (χ4v) is 4.29. The largest absolute Gasteiger partial charge is 0.491 e. The fourth-order valence-electron chi connectivity index (χ4n) is 4.11. The highest BCUT2D eigenvalue weighted by molar-refractivity contribution is 6.30. The van der Waals surface area contributed by atoms with Crippen molar-refractivity contribution in [3.05, 3.63) is 46.2 Å². The molecule has 2 N–H and O–H groups in total. The molecule has 0 spiro atoms. The number of aromatic nitrogens is 2. The molecule has 0 saturated carbocycles. The molecule has 2 heterocycles. The number of amides is 1. The highest BCUT2D eigenvalue weighted by Gasteiger charge is 2.34. The van der Waals surface area contributed by atoms with Crippen LogP contribution in [0.15, 0.2) is 24.3 Å². The molecule has 1 aromatic heterocycles. The summed E-state index contributed by atoms with van der Waals surface area (Å²) < 4.78 is 5.77. The third kappa shape index (κ3) is 4.18. The summed E-state index contributed by atoms with van der Waals surface area (Å²) in [4.78, 5) is 14.9. The average molecular weight is 404 g/mol. The van der Waals surface area contributed by atoms with E-state index >= 15 is 0 Å². The van der Waals surface area contributed by atoms with Crippen LogP contribution in [0.2, 0.25) is 5.02 Å². The van der Waals surface area contributed by atoms with Crippen molar-refractivity contribution in [1.29, 1.82) is 0 Å². The summed E-state index contributed by atoms with van der Waals surface area (Å²) in [6.07, 6.45) is 5.93. The van der Waals surface area contributed by atoms with Crippen molar-refractivity contribution >= 4 is 17.5 Å². The standard InChI is InChI=1S/C21H26ClN3O3/c22-15-5-3-6-16(13-15)28-14-21(27)9-4-11-25(12-10-21)20(26)19-17-7-1-2-8-18(17)23-24-19/h3,5-6,13,27H,1-2,4,7-12,14H2,(H,23,24). The summed E-state index contributed by atoms with van der Waals surface area (Å²) in [7, 11) is 0. The van der Waals surface area contributed by atoms with Gasteiger partial charge in [0.2, 0.25) is 0 Å². The Kier molecular flexibility index (Phi) is 5.60. The van der Waals surface area contributed by atoms with Crippen LogP contribution >= 0.6 is 11.6 Å². The molecule has 1 amide bonds. The van der Waals surface area contributed by atoms with Gasteiger partial charge >= 0.3 is 0 Å². The fraction of sp³-hybridized carbons (Fsp3) is 0.524. The monoisotopic (exact) mass is 403 g/mol. The third-order valence-electron chi connectivity index (χ3n) is 5.77. The first-order valence-electron chi connectivity index (χ1n) is 10.0. The molecule has 1 aromatic carbocycles. The summed E-state index contributed by atoms with van der Waals surface area (Å²) >= 11 is 5.99. The Balaban J connectivity index is 1.39. The van der Waals surface area contributed by atoms with E-state index in [1.54, 1.807) is 12.1 Å². The van der Waals surface area contributed by atoms with Crippen LogP contribution in [0.1, 0.15) is 53.8 Å². The first-order valence-corrected chi connectivity index (χ1v) is 10.4. The molecule has 0 bridgehead atoms. The highest BCUT2D eigenvalue weighted by atomic mass is 35.5. The lowest BCUT2D eigenvalue weighted by molar-refractivity contribution is -0.0163. The number of carbonyl (C=O) groups excluding carboxylic acids is 1. The molecule has 1 saturated heterocycles. The number of hydrogen-bond donors (Lipinski definition) is 2. The van der Waals surface area contributed by atoms with E-state index < -0.39 is 5.60 Å². The minimum Gasteiger partial charge on any atom is -0.491 e. The normalized spacial score (nSPS) is 22.4. The van der Waals surface area contributed by atoms with E-state index in [0.29, 0.717) is 42.4 Å². The van der Waals surface area contributed by atoms with Crippen LogP contribution in [-0.2, 0) is 12.8 Å². The van der Waals surface area contributed by atoms with Gasteiger partial charge in [0.15, 0.2) is 5.69 Å². The molecular weight excluding hydrogens is 378 g/mol. The Morgan fingerprint density at radius 2 is 2.11 bits per heavy atom. The van der Waals surface area contributed by atoms with Gasteiger partial charge in [0.05, 0.1) is 0 Å². The van der Waals surface area contributed by atoms with Gasteiger partial charge in [0.25, 0.3) is 5.91 Å². The van der Waals surface area contributed by atoms with Crippen molar-refractivity contribution in [2.24, 2.45) is 0 Å². The van der Waals surface area contributed by atoms with Crippen molar-refractivity contribution in [1.82, 2.24) is 15.1 Å². The van der Waals surface area contributed by atoms with Crippen molar-refractivity contribution in [3.8, 4) is 5.75 Å².